The lowest BCUT2D eigenvalue weighted by molar-refractivity contribution is -0.605. The smallest absolute Gasteiger partial charge is 0.392 e. The fourth-order valence-electron chi connectivity index (χ4n) is 1.33. The molecule has 0 amide bonds. The minimum absolute atomic E-state index is 0.624. The summed E-state index contributed by atoms with van der Waals surface area (Å²) in [6.07, 6.45) is -13.6. The second-order valence-corrected chi connectivity index (χ2v) is 3.52. The molecule has 0 spiro atoms. The summed E-state index contributed by atoms with van der Waals surface area (Å²) in [5, 5.41) is 11.0. The maximum atomic E-state index is 13.0. The van der Waals surface area contributed by atoms with E-state index in [1.54, 1.807) is 0 Å². The molecule has 20 heavy (non-hydrogen) atoms. The fourth-order valence-corrected chi connectivity index (χ4v) is 1.33. The molecule has 114 valence electrons. The predicted molar refractivity (Wildman–Crippen MR) is 40.1 cm³/mol. The van der Waals surface area contributed by atoms with Crippen LogP contribution in [0.15, 0.2) is 6.07 Å². The van der Waals surface area contributed by atoms with Gasteiger partial charge in [-0.15, -0.1) is 0 Å². The molecule has 0 N–H and O–H groups in total. The van der Waals surface area contributed by atoms with Crippen molar-refractivity contribution in [2.24, 2.45) is 0 Å². The number of hydrogen-bond acceptors (Lipinski definition) is 1. The van der Waals surface area contributed by atoms with Crippen LogP contribution in [0.4, 0.5) is 43.9 Å². The van der Waals surface area contributed by atoms with Gasteiger partial charge in [0.25, 0.3) is 0 Å². The van der Waals surface area contributed by atoms with E-state index in [1.807, 2.05) is 0 Å². The largest absolute Gasteiger partial charge is 0.833 e. The highest BCUT2D eigenvalue weighted by Gasteiger charge is 2.65. The zero-order valence-corrected chi connectivity index (χ0v) is 8.77. The lowest BCUT2D eigenvalue weighted by Gasteiger charge is -2.43. The summed E-state index contributed by atoms with van der Waals surface area (Å²) < 4.78 is 125. The number of halogens is 10. The average Bonchev–Trinajstić information content (AvgIpc) is 2.23. The topological polar surface area (TPSA) is 23.1 Å². The van der Waals surface area contributed by atoms with Crippen LogP contribution in [0.1, 0.15) is 5.56 Å². The summed E-state index contributed by atoms with van der Waals surface area (Å²) in [5.74, 6) is -11.2. The van der Waals surface area contributed by atoms with Crippen LogP contribution in [0, 0.1) is 23.3 Å². The molecule has 0 radical (unpaired) electrons. The SMILES string of the molecule is [O-]C(c1c(F)c(F)cc(F)c1F)(C(F)(F)F)C(F)(F)F. The maximum absolute atomic E-state index is 13.0. The van der Waals surface area contributed by atoms with Crippen molar-refractivity contribution in [2.75, 3.05) is 0 Å². The Morgan fingerprint density at radius 2 is 1.00 bits per heavy atom. The van der Waals surface area contributed by atoms with E-state index in [0.717, 1.165) is 0 Å². The van der Waals surface area contributed by atoms with Crippen molar-refractivity contribution in [2.45, 2.75) is 18.0 Å². The molecule has 1 aromatic carbocycles. The summed E-state index contributed by atoms with van der Waals surface area (Å²) in [6.45, 7) is 0. The van der Waals surface area contributed by atoms with Gasteiger partial charge in [-0.2, -0.15) is 26.3 Å². The zero-order chi connectivity index (χ0) is 16.1. The van der Waals surface area contributed by atoms with Crippen molar-refractivity contribution in [1.29, 1.82) is 0 Å². The highest BCUT2D eigenvalue weighted by Crippen LogP contribution is 2.49. The number of alkyl halides is 6. The second kappa shape index (κ2) is 4.50. The number of benzene rings is 1. The third-order valence-electron chi connectivity index (χ3n) is 2.26. The van der Waals surface area contributed by atoms with Crippen LogP contribution in [0.25, 0.3) is 0 Å². The monoisotopic (exact) mass is 315 g/mol. The average molecular weight is 315 g/mol. The van der Waals surface area contributed by atoms with Crippen LogP contribution in [0.3, 0.4) is 0 Å². The minimum Gasteiger partial charge on any atom is -0.833 e. The molecule has 0 saturated carbocycles. The molecule has 0 heterocycles. The molecule has 1 rings (SSSR count). The first-order valence-electron chi connectivity index (χ1n) is 4.42. The predicted octanol–water partition coefficient (Wildman–Crippen LogP) is 2.92. The van der Waals surface area contributed by atoms with Crippen molar-refractivity contribution < 1.29 is 49.0 Å². The molecule has 0 aliphatic heterocycles. The Kier molecular flexibility index (Phi) is 3.72. The van der Waals surface area contributed by atoms with Crippen LogP contribution in [-0.2, 0) is 5.60 Å². The van der Waals surface area contributed by atoms with E-state index in [0.29, 0.717) is 0 Å². The fraction of sp³-hybridized carbons (Fsp3) is 0.333. The van der Waals surface area contributed by atoms with Gasteiger partial charge in [-0.05, 0) is 0 Å². The van der Waals surface area contributed by atoms with Crippen molar-refractivity contribution in [1.82, 2.24) is 0 Å². The summed E-state index contributed by atoms with van der Waals surface area (Å²) in [7, 11) is 0. The first-order valence-corrected chi connectivity index (χ1v) is 4.42. The molecular weight excluding hydrogens is 314 g/mol. The summed E-state index contributed by atoms with van der Waals surface area (Å²) in [5.41, 5.74) is -9.67. The second-order valence-electron chi connectivity index (χ2n) is 3.52. The van der Waals surface area contributed by atoms with E-state index in [-0.39, 0.29) is 0 Å². The Balaban J connectivity index is 3.87. The first-order chi connectivity index (χ1) is 8.75. The molecule has 0 aromatic heterocycles. The van der Waals surface area contributed by atoms with Crippen molar-refractivity contribution in [3.8, 4) is 0 Å². The Morgan fingerprint density at radius 3 is 1.25 bits per heavy atom. The van der Waals surface area contributed by atoms with Crippen LogP contribution < -0.4 is 5.11 Å². The van der Waals surface area contributed by atoms with Crippen LogP contribution in [-0.4, -0.2) is 12.4 Å². The lowest BCUT2D eigenvalue weighted by Crippen LogP contribution is -2.64. The minimum atomic E-state index is -6.78. The maximum Gasteiger partial charge on any atom is 0.392 e. The normalized spacial score (nSPS) is 13.8. The Bertz CT molecular complexity index is 489. The van der Waals surface area contributed by atoms with Gasteiger partial charge in [-0.1, -0.05) is 0 Å². The van der Waals surface area contributed by atoms with Crippen LogP contribution >= 0.6 is 0 Å². The van der Waals surface area contributed by atoms with Crippen molar-refractivity contribution in [3.05, 3.63) is 34.9 Å². The molecule has 1 nitrogen and oxygen atoms in total. The molecule has 0 fully saturated rings. The van der Waals surface area contributed by atoms with Crippen LogP contribution in [0.2, 0.25) is 0 Å². The molecule has 0 atom stereocenters. The quantitative estimate of drug-likeness (QED) is 0.577. The van der Waals surface area contributed by atoms with E-state index in [1.165, 1.54) is 0 Å². The molecular formula is C9HF10O-. The summed E-state index contributed by atoms with van der Waals surface area (Å²) >= 11 is 0. The lowest BCUT2D eigenvalue weighted by atomic mass is 9.91. The molecule has 1 aromatic rings. The van der Waals surface area contributed by atoms with E-state index in [4.69, 9.17) is 0 Å². The third kappa shape index (κ3) is 2.19. The van der Waals surface area contributed by atoms with E-state index >= 15 is 0 Å². The summed E-state index contributed by atoms with van der Waals surface area (Å²) in [6, 6.07) is -0.624. The van der Waals surface area contributed by atoms with Gasteiger partial charge in [0.15, 0.2) is 23.3 Å². The van der Waals surface area contributed by atoms with Gasteiger partial charge >= 0.3 is 12.4 Å². The van der Waals surface area contributed by atoms with Gasteiger partial charge in [0.2, 0.25) is 0 Å². The molecule has 0 aliphatic rings. The Morgan fingerprint density at radius 1 is 0.700 bits per heavy atom. The van der Waals surface area contributed by atoms with Crippen LogP contribution in [0.5, 0.6) is 0 Å². The summed E-state index contributed by atoms with van der Waals surface area (Å²) in [4.78, 5) is 0. The Hall–Kier alpha value is -1.52. The highest BCUT2D eigenvalue weighted by atomic mass is 19.4. The standard InChI is InChI=1S/C9HF10O/c10-2-1-3(11)6(13)4(5(2)12)7(20,8(14,15)16)9(17,18)19/h1H/q-1. The first kappa shape index (κ1) is 16.5. The van der Waals surface area contributed by atoms with Gasteiger partial charge in [-0.3, -0.25) is 0 Å². The van der Waals surface area contributed by atoms with Gasteiger partial charge in [0, 0.05) is 11.6 Å². The Labute approximate surface area is 103 Å². The third-order valence-corrected chi connectivity index (χ3v) is 2.26. The highest BCUT2D eigenvalue weighted by molar-refractivity contribution is 5.31. The van der Waals surface area contributed by atoms with E-state index < -0.39 is 52.9 Å². The van der Waals surface area contributed by atoms with Gasteiger partial charge in [-0.25, -0.2) is 17.6 Å². The van der Waals surface area contributed by atoms with Crippen molar-refractivity contribution >= 4 is 0 Å². The van der Waals surface area contributed by atoms with Crippen molar-refractivity contribution in [3.63, 3.8) is 0 Å². The van der Waals surface area contributed by atoms with E-state index in [9.17, 15) is 49.0 Å². The van der Waals surface area contributed by atoms with Gasteiger partial charge in [0.05, 0.1) is 0 Å². The molecule has 11 heteroatoms. The number of hydrogen-bond donors (Lipinski definition) is 0. The van der Waals surface area contributed by atoms with Gasteiger partial charge in [0.1, 0.15) is 5.60 Å². The molecule has 0 bridgehead atoms. The molecule has 0 aliphatic carbocycles. The number of rotatable bonds is 1. The zero-order valence-electron chi connectivity index (χ0n) is 8.77. The van der Waals surface area contributed by atoms with Gasteiger partial charge < -0.3 is 5.11 Å². The molecule has 0 unspecified atom stereocenters. The van der Waals surface area contributed by atoms with E-state index in [2.05, 4.69) is 0 Å². The molecule has 0 saturated heterocycles.